The highest BCUT2D eigenvalue weighted by atomic mass is 16.5. The second kappa shape index (κ2) is 2.95. The Morgan fingerprint density at radius 1 is 1.18 bits per heavy atom. The van der Waals surface area contributed by atoms with Crippen molar-refractivity contribution in [1.29, 1.82) is 0 Å². The van der Waals surface area contributed by atoms with Gasteiger partial charge in [-0.2, -0.15) is 0 Å². The Morgan fingerprint density at radius 3 is 3.09 bits per heavy atom. The van der Waals surface area contributed by atoms with Crippen molar-refractivity contribution in [2.45, 2.75) is 12.8 Å². The third kappa shape index (κ3) is 1.37. The van der Waals surface area contributed by atoms with Crippen LogP contribution >= 0.6 is 0 Å². The minimum absolute atomic E-state index is 0.761. The van der Waals surface area contributed by atoms with Gasteiger partial charge >= 0.3 is 0 Å². The maximum atomic E-state index is 5.49. The Morgan fingerprint density at radius 2 is 2.09 bits per heavy atom. The van der Waals surface area contributed by atoms with Crippen LogP contribution in [0.3, 0.4) is 0 Å². The van der Waals surface area contributed by atoms with E-state index in [1.807, 2.05) is 12.1 Å². The van der Waals surface area contributed by atoms with Crippen molar-refractivity contribution >= 4 is 0 Å². The van der Waals surface area contributed by atoms with Crippen LogP contribution < -0.4 is 4.74 Å². The van der Waals surface area contributed by atoms with Gasteiger partial charge in [0, 0.05) is 0 Å². The highest BCUT2D eigenvalue weighted by molar-refractivity contribution is 5.34. The van der Waals surface area contributed by atoms with Gasteiger partial charge in [0.1, 0.15) is 5.75 Å². The van der Waals surface area contributed by atoms with Crippen LogP contribution in [0, 0.1) is 6.42 Å². The first kappa shape index (κ1) is 6.71. The Balaban J connectivity index is 2.33. The zero-order valence-corrected chi connectivity index (χ0v) is 6.42. The molecule has 1 aromatic carbocycles. The summed E-state index contributed by atoms with van der Waals surface area (Å²) in [4.78, 5) is 0. The number of hydrogen-bond donors (Lipinski definition) is 0. The predicted molar refractivity (Wildman–Crippen MR) is 44.6 cm³/mol. The van der Waals surface area contributed by atoms with Gasteiger partial charge in [-0.1, -0.05) is 18.2 Å². The van der Waals surface area contributed by atoms with Gasteiger partial charge in [-0.3, -0.25) is 0 Å². The van der Waals surface area contributed by atoms with Crippen molar-refractivity contribution in [3.8, 4) is 5.75 Å². The molecule has 1 radical (unpaired) electrons. The van der Waals surface area contributed by atoms with Crippen LogP contribution in [0.15, 0.2) is 24.3 Å². The highest BCUT2D eigenvalue weighted by Gasteiger charge is 2.06. The number of benzene rings is 1. The molecule has 0 N–H and O–H groups in total. The summed E-state index contributed by atoms with van der Waals surface area (Å²) in [6.45, 7) is 0.761. The van der Waals surface area contributed by atoms with E-state index in [0.29, 0.717) is 0 Å². The molecule has 0 atom stereocenters. The monoisotopic (exact) mass is 147 g/mol. The molecule has 1 aliphatic rings. The molecule has 1 aromatic rings. The molecule has 0 bridgehead atoms. The lowest BCUT2D eigenvalue weighted by atomic mass is 10.1. The van der Waals surface area contributed by atoms with E-state index in [0.717, 1.165) is 25.2 Å². The normalized spacial score (nSPS) is 16.4. The topological polar surface area (TPSA) is 9.23 Å². The minimum atomic E-state index is 0.761. The van der Waals surface area contributed by atoms with Gasteiger partial charge in [0.15, 0.2) is 0 Å². The Hall–Kier alpha value is -0.980. The van der Waals surface area contributed by atoms with E-state index < -0.39 is 0 Å². The van der Waals surface area contributed by atoms with E-state index in [9.17, 15) is 0 Å². The molecule has 0 aromatic heterocycles. The first-order valence-electron chi connectivity index (χ1n) is 3.99. The quantitative estimate of drug-likeness (QED) is 0.546. The summed E-state index contributed by atoms with van der Waals surface area (Å²) in [5, 5.41) is 0. The molecule has 1 heterocycles. The smallest absolute Gasteiger partial charge is 0.122 e. The van der Waals surface area contributed by atoms with Gasteiger partial charge in [-0.25, -0.2) is 0 Å². The fourth-order valence-corrected chi connectivity index (χ4v) is 1.34. The molecule has 57 valence electrons. The van der Waals surface area contributed by atoms with Crippen LogP contribution in [0.2, 0.25) is 0 Å². The van der Waals surface area contributed by atoms with Crippen LogP contribution in [0.5, 0.6) is 5.75 Å². The zero-order valence-electron chi connectivity index (χ0n) is 6.42. The van der Waals surface area contributed by atoms with Crippen molar-refractivity contribution in [3.05, 3.63) is 36.2 Å². The maximum Gasteiger partial charge on any atom is 0.122 e. The SMILES string of the molecule is [CH]1CCc2ccccc2OC1. The van der Waals surface area contributed by atoms with Crippen molar-refractivity contribution in [2.75, 3.05) is 6.61 Å². The van der Waals surface area contributed by atoms with Crippen LogP contribution in [0.25, 0.3) is 0 Å². The molecule has 0 fully saturated rings. The average molecular weight is 147 g/mol. The molecule has 1 aliphatic heterocycles. The molecular weight excluding hydrogens is 136 g/mol. The molecule has 11 heavy (non-hydrogen) atoms. The van der Waals surface area contributed by atoms with Gasteiger partial charge in [0.05, 0.1) is 6.61 Å². The Bertz CT molecular complexity index is 217. The van der Waals surface area contributed by atoms with E-state index in [-0.39, 0.29) is 0 Å². The summed E-state index contributed by atoms with van der Waals surface area (Å²) >= 11 is 0. The lowest BCUT2D eigenvalue weighted by Crippen LogP contribution is -1.94. The number of aryl methyl sites for hydroxylation is 1. The lowest BCUT2D eigenvalue weighted by molar-refractivity contribution is 0.350. The zero-order chi connectivity index (χ0) is 7.52. The summed E-state index contributed by atoms with van der Waals surface area (Å²) < 4.78 is 5.49. The molecule has 1 heteroatoms. The van der Waals surface area contributed by atoms with Crippen molar-refractivity contribution in [1.82, 2.24) is 0 Å². The maximum absolute atomic E-state index is 5.49. The third-order valence-corrected chi connectivity index (χ3v) is 1.95. The summed E-state index contributed by atoms with van der Waals surface area (Å²) in [5.41, 5.74) is 1.33. The first-order chi connectivity index (χ1) is 5.47. The average Bonchev–Trinajstić information content (AvgIpc) is 2.28. The van der Waals surface area contributed by atoms with Crippen molar-refractivity contribution < 1.29 is 4.74 Å². The van der Waals surface area contributed by atoms with Gasteiger partial charge in [-0.05, 0) is 30.9 Å². The number of rotatable bonds is 0. The van der Waals surface area contributed by atoms with Gasteiger partial charge in [0.25, 0.3) is 0 Å². The molecule has 0 amide bonds. The number of hydrogen-bond acceptors (Lipinski definition) is 1. The molecule has 0 saturated heterocycles. The standard InChI is InChI=1S/C10H11O/c1-2-7-10-9(5-1)6-3-4-8-11-10/h1-2,4-5,7H,3,6,8H2. The van der Waals surface area contributed by atoms with Crippen LogP contribution in [0.4, 0.5) is 0 Å². The Labute approximate surface area is 67.0 Å². The molecule has 0 saturated carbocycles. The fourth-order valence-electron chi connectivity index (χ4n) is 1.34. The molecule has 1 nitrogen and oxygen atoms in total. The summed E-state index contributed by atoms with van der Waals surface area (Å²) in [6, 6.07) is 8.25. The second-order valence-electron chi connectivity index (χ2n) is 2.75. The fraction of sp³-hybridized carbons (Fsp3) is 0.300. The van der Waals surface area contributed by atoms with E-state index in [2.05, 4.69) is 18.6 Å². The van der Waals surface area contributed by atoms with Crippen LogP contribution in [0.1, 0.15) is 12.0 Å². The summed E-state index contributed by atoms with van der Waals surface area (Å²) in [5.74, 6) is 1.06. The van der Waals surface area contributed by atoms with Gasteiger partial charge < -0.3 is 4.74 Å². The summed E-state index contributed by atoms with van der Waals surface area (Å²) in [6.07, 6.45) is 4.44. The summed E-state index contributed by atoms with van der Waals surface area (Å²) in [7, 11) is 0. The largest absolute Gasteiger partial charge is 0.493 e. The molecule has 0 unspecified atom stereocenters. The van der Waals surface area contributed by atoms with Gasteiger partial charge in [0.2, 0.25) is 0 Å². The number of ether oxygens (including phenoxy) is 1. The molecule has 0 aliphatic carbocycles. The molecular formula is C10H11O. The van der Waals surface area contributed by atoms with Crippen molar-refractivity contribution in [2.24, 2.45) is 0 Å². The predicted octanol–water partition coefficient (Wildman–Crippen LogP) is 2.22. The van der Waals surface area contributed by atoms with E-state index >= 15 is 0 Å². The van der Waals surface area contributed by atoms with E-state index in [1.54, 1.807) is 0 Å². The van der Waals surface area contributed by atoms with Crippen LogP contribution in [-0.4, -0.2) is 6.61 Å². The minimum Gasteiger partial charge on any atom is -0.493 e. The van der Waals surface area contributed by atoms with E-state index in [4.69, 9.17) is 4.74 Å². The molecule has 0 spiro atoms. The number of para-hydroxylation sites is 1. The first-order valence-corrected chi connectivity index (χ1v) is 3.99. The second-order valence-corrected chi connectivity index (χ2v) is 2.75. The Kier molecular flexibility index (Phi) is 1.80. The highest BCUT2D eigenvalue weighted by Crippen LogP contribution is 2.22. The third-order valence-electron chi connectivity index (χ3n) is 1.95. The van der Waals surface area contributed by atoms with Gasteiger partial charge in [-0.15, -0.1) is 0 Å². The number of fused-ring (bicyclic) bond motifs is 1. The lowest BCUT2D eigenvalue weighted by Gasteiger charge is -2.04. The van der Waals surface area contributed by atoms with Crippen LogP contribution in [-0.2, 0) is 6.42 Å². The van der Waals surface area contributed by atoms with Crippen molar-refractivity contribution in [3.63, 3.8) is 0 Å². The van der Waals surface area contributed by atoms with E-state index in [1.165, 1.54) is 5.56 Å². The molecule has 2 rings (SSSR count).